The molecule has 0 unspecified atom stereocenters. The van der Waals surface area contributed by atoms with Crippen LogP contribution in [-0.4, -0.2) is 35.8 Å². The van der Waals surface area contributed by atoms with E-state index in [4.69, 9.17) is 11.6 Å². The molecule has 1 aromatic heterocycles. The fourth-order valence-electron chi connectivity index (χ4n) is 2.66. The van der Waals surface area contributed by atoms with Crippen LogP contribution in [0.25, 0.3) is 0 Å². The van der Waals surface area contributed by atoms with Crippen LogP contribution in [0.2, 0.25) is 4.34 Å². The van der Waals surface area contributed by atoms with Crippen molar-refractivity contribution in [1.29, 1.82) is 0 Å². The zero-order valence-corrected chi connectivity index (χ0v) is 13.8. The normalized spacial score (nSPS) is 18.0. The summed E-state index contributed by atoms with van der Waals surface area (Å²) in [5, 5.41) is 2.95. The Kier molecular flexibility index (Phi) is 6.06. The first-order chi connectivity index (χ1) is 10.1. The number of carbonyl (C=O) groups excluding carboxylic acids is 2. The maximum Gasteiger partial charge on any atom is 0.242 e. The summed E-state index contributed by atoms with van der Waals surface area (Å²) >= 11 is 7.49. The Labute approximate surface area is 134 Å². The van der Waals surface area contributed by atoms with Crippen LogP contribution in [0.15, 0.2) is 12.1 Å². The fraction of sp³-hybridized carbons (Fsp3) is 0.600. The topological polar surface area (TPSA) is 49.4 Å². The minimum Gasteiger partial charge on any atom is -0.354 e. The van der Waals surface area contributed by atoms with Crippen molar-refractivity contribution in [1.82, 2.24) is 10.2 Å². The van der Waals surface area contributed by atoms with Gasteiger partial charge in [0.2, 0.25) is 11.8 Å². The lowest BCUT2D eigenvalue weighted by Gasteiger charge is -2.22. The number of hydrogen-bond acceptors (Lipinski definition) is 3. The first kappa shape index (κ1) is 16.3. The summed E-state index contributed by atoms with van der Waals surface area (Å²) in [5.41, 5.74) is 0. The number of carbonyl (C=O) groups is 2. The molecule has 0 bridgehead atoms. The van der Waals surface area contributed by atoms with E-state index in [0.717, 1.165) is 36.4 Å². The average molecular weight is 329 g/mol. The summed E-state index contributed by atoms with van der Waals surface area (Å²) in [6, 6.07) is 3.70. The van der Waals surface area contributed by atoms with Gasteiger partial charge in [0.15, 0.2) is 0 Å². The van der Waals surface area contributed by atoms with Gasteiger partial charge < -0.3 is 10.2 Å². The van der Waals surface area contributed by atoms with Gasteiger partial charge in [0.05, 0.1) is 4.34 Å². The van der Waals surface area contributed by atoms with Crippen LogP contribution in [0.4, 0.5) is 0 Å². The Morgan fingerprint density at radius 1 is 1.43 bits per heavy atom. The summed E-state index contributed by atoms with van der Waals surface area (Å²) in [4.78, 5) is 26.5. The van der Waals surface area contributed by atoms with Crippen LogP contribution < -0.4 is 5.32 Å². The van der Waals surface area contributed by atoms with Crippen LogP contribution in [0.1, 0.15) is 37.5 Å². The van der Waals surface area contributed by atoms with Gasteiger partial charge in [-0.25, -0.2) is 0 Å². The summed E-state index contributed by atoms with van der Waals surface area (Å²) < 4.78 is 0.823. The molecule has 1 fully saturated rings. The number of hydrogen-bond donors (Lipinski definition) is 1. The number of likely N-dealkylation sites (tertiary alicyclic amines) is 1. The molecular weight excluding hydrogens is 308 g/mol. The zero-order chi connectivity index (χ0) is 15.2. The molecule has 116 valence electrons. The highest BCUT2D eigenvalue weighted by atomic mass is 35.5. The number of nitrogens with one attached hydrogen (secondary N) is 1. The second kappa shape index (κ2) is 7.80. The number of thiophene rings is 1. The van der Waals surface area contributed by atoms with E-state index >= 15 is 0 Å². The average Bonchev–Trinajstić information content (AvgIpc) is 3.07. The van der Waals surface area contributed by atoms with Gasteiger partial charge in [-0.3, -0.25) is 9.59 Å². The van der Waals surface area contributed by atoms with Crippen LogP contribution >= 0.6 is 22.9 Å². The molecule has 1 aliphatic rings. The van der Waals surface area contributed by atoms with Crippen LogP contribution in [-0.2, 0) is 16.0 Å². The van der Waals surface area contributed by atoms with Crippen molar-refractivity contribution >= 4 is 34.8 Å². The molecule has 6 heteroatoms. The van der Waals surface area contributed by atoms with E-state index in [1.165, 1.54) is 11.8 Å². The monoisotopic (exact) mass is 328 g/mol. The highest BCUT2D eigenvalue weighted by molar-refractivity contribution is 7.16. The summed E-state index contributed by atoms with van der Waals surface area (Å²) in [5.74, 6) is -0.0240. The lowest BCUT2D eigenvalue weighted by atomic mass is 10.2. The molecule has 1 aliphatic heterocycles. The van der Waals surface area contributed by atoms with Gasteiger partial charge in [0.1, 0.15) is 6.04 Å². The number of amides is 2. The molecule has 2 rings (SSSR count). The third-order valence-corrected chi connectivity index (χ3v) is 5.03. The second-order valence-corrected chi connectivity index (χ2v) is 7.12. The predicted molar refractivity (Wildman–Crippen MR) is 85.7 cm³/mol. The number of halogens is 1. The standard InChI is InChI=1S/C15H21ClN2O2S/c1-11(19)18-10-4-6-13(18)15(20)17-9-3-2-5-12-7-8-14(16)21-12/h7-8,13H,2-6,9-10H2,1H3,(H,17,20)/t13-/m0/s1. The number of rotatable bonds is 6. The lowest BCUT2D eigenvalue weighted by molar-refractivity contribution is -0.136. The Balaban J connectivity index is 1.64. The summed E-state index contributed by atoms with van der Waals surface area (Å²) in [7, 11) is 0. The van der Waals surface area contributed by atoms with Gasteiger partial charge in [-0.1, -0.05) is 11.6 Å². The highest BCUT2D eigenvalue weighted by Gasteiger charge is 2.31. The summed E-state index contributed by atoms with van der Waals surface area (Å²) in [6.45, 7) is 2.89. The molecule has 21 heavy (non-hydrogen) atoms. The predicted octanol–water partition coefficient (Wildman–Crippen LogP) is 2.85. The maximum absolute atomic E-state index is 12.1. The van der Waals surface area contributed by atoms with E-state index in [2.05, 4.69) is 11.4 Å². The van der Waals surface area contributed by atoms with Gasteiger partial charge in [0, 0.05) is 24.9 Å². The largest absolute Gasteiger partial charge is 0.354 e. The lowest BCUT2D eigenvalue weighted by Crippen LogP contribution is -2.45. The van der Waals surface area contributed by atoms with Crippen LogP contribution in [0.3, 0.4) is 0 Å². The van der Waals surface area contributed by atoms with Gasteiger partial charge in [-0.2, -0.15) is 0 Å². The fourth-order valence-corrected chi connectivity index (χ4v) is 3.79. The van der Waals surface area contributed by atoms with Crippen molar-refractivity contribution in [2.45, 2.75) is 45.1 Å². The van der Waals surface area contributed by atoms with Crippen LogP contribution in [0, 0.1) is 0 Å². The van der Waals surface area contributed by atoms with Crippen LogP contribution in [0.5, 0.6) is 0 Å². The quantitative estimate of drug-likeness (QED) is 0.816. The number of unbranched alkanes of at least 4 members (excludes halogenated alkanes) is 1. The smallest absolute Gasteiger partial charge is 0.242 e. The molecule has 2 heterocycles. The van der Waals surface area contributed by atoms with Crippen molar-refractivity contribution in [2.24, 2.45) is 0 Å². The van der Waals surface area contributed by atoms with E-state index in [-0.39, 0.29) is 17.9 Å². The molecule has 2 amide bonds. The molecule has 0 saturated carbocycles. The van der Waals surface area contributed by atoms with E-state index in [1.54, 1.807) is 16.2 Å². The maximum atomic E-state index is 12.1. The molecule has 0 spiro atoms. The van der Waals surface area contributed by atoms with E-state index < -0.39 is 0 Å². The summed E-state index contributed by atoms with van der Waals surface area (Å²) in [6.07, 6.45) is 4.65. The van der Waals surface area contributed by atoms with Crippen molar-refractivity contribution in [3.8, 4) is 0 Å². The Bertz CT molecular complexity index is 504. The van der Waals surface area contributed by atoms with Gasteiger partial charge in [-0.15, -0.1) is 11.3 Å². The molecular formula is C15H21ClN2O2S. The molecule has 1 atom stereocenters. The van der Waals surface area contributed by atoms with E-state index in [1.807, 2.05) is 6.07 Å². The Hall–Kier alpha value is -1.07. The van der Waals surface area contributed by atoms with E-state index in [9.17, 15) is 9.59 Å². The van der Waals surface area contributed by atoms with E-state index in [0.29, 0.717) is 13.1 Å². The minimum atomic E-state index is -0.265. The molecule has 0 aromatic carbocycles. The first-order valence-electron chi connectivity index (χ1n) is 7.37. The van der Waals surface area contributed by atoms with Gasteiger partial charge in [0.25, 0.3) is 0 Å². The third-order valence-electron chi connectivity index (χ3n) is 3.74. The number of nitrogens with zero attached hydrogens (tertiary/aromatic N) is 1. The highest BCUT2D eigenvalue weighted by Crippen LogP contribution is 2.22. The molecule has 0 radical (unpaired) electrons. The second-order valence-electron chi connectivity index (χ2n) is 5.32. The van der Waals surface area contributed by atoms with Crippen molar-refractivity contribution in [2.75, 3.05) is 13.1 Å². The first-order valence-corrected chi connectivity index (χ1v) is 8.56. The zero-order valence-electron chi connectivity index (χ0n) is 12.2. The van der Waals surface area contributed by atoms with Gasteiger partial charge in [-0.05, 0) is 44.2 Å². The molecule has 1 saturated heterocycles. The SMILES string of the molecule is CC(=O)N1CCC[C@H]1C(=O)NCCCCc1ccc(Cl)s1. The number of aryl methyl sites for hydroxylation is 1. The molecule has 0 aliphatic carbocycles. The third kappa shape index (κ3) is 4.71. The molecule has 4 nitrogen and oxygen atoms in total. The Morgan fingerprint density at radius 2 is 2.24 bits per heavy atom. The van der Waals surface area contributed by atoms with Crippen molar-refractivity contribution in [3.63, 3.8) is 0 Å². The molecule has 1 N–H and O–H groups in total. The Morgan fingerprint density at radius 3 is 2.90 bits per heavy atom. The van der Waals surface area contributed by atoms with Crippen molar-refractivity contribution in [3.05, 3.63) is 21.3 Å². The minimum absolute atomic E-state index is 0.0118. The van der Waals surface area contributed by atoms with Crippen molar-refractivity contribution < 1.29 is 9.59 Å². The molecule has 1 aromatic rings. The van der Waals surface area contributed by atoms with Gasteiger partial charge >= 0.3 is 0 Å².